The summed E-state index contributed by atoms with van der Waals surface area (Å²) >= 11 is 0. The van der Waals surface area contributed by atoms with E-state index in [9.17, 15) is 0 Å². The van der Waals surface area contributed by atoms with Crippen molar-refractivity contribution in [1.29, 1.82) is 0 Å². The lowest BCUT2D eigenvalue weighted by Crippen LogP contribution is -2.46. The van der Waals surface area contributed by atoms with Crippen molar-refractivity contribution >= 4 is 0 Å². The van der Waals surface area contributed by atoms with Gasteiger partial charge in [0.05, 0.1) is 0 Å². The number of hydrogen-bond acceptors (Lipinski definition) is 5. The highest BCUT2D eigenvalue weighted by Gasteiger charge is 2.12. The van der Waals surface area contributed by atoms with E-state index in [4.69, 9.17) is 0 Å². The highest BCUT2D eigenvalue weighted by Crippen LogP contribution is 2.00. The second-order valence-corrected chi connectivity index (χ2v) is 7.97. The lowest BCUT2D eigenvalue weighted by Gasteiger charge is -2.32. The zero-order valence-electron chi connectivity index (χ0n) is 17.7. The van der Waals surface area contributed by atoms with Gasteiger partial charge in [0.25, 0.3) is 0 Å². The summed E-state index contributed by atoms with van der Waals surface area (Å²) in [7, 11) is 15.0. The molecule has 1 rings (SSSR count). The van der Waals surface area contributed by atoms with Crippen LogP contribution in [-0.2, 0) is 0 Å². The molecule has 5 nitrogen and oxygen atoms in total. The molecular formula is C19H45N5. The lowest BCUT2D eigenvalue weighted by atomic mass is 10.2. The lowest BCUT2D eigenvalue weighted by molar-refractivity contribution is 0.145. The molecule has 0 atom stereocenters. The SMILES string of the molecule is CN(C)CCCCCCN(C)C.CN(C)CCN1CCN(C)CC1. The summed E-state index contributed by atoms with van der Waals surface area (Å²) in [5, 5.41) is 0. The molecule has 0 amide bonds. The minimum atomic E-state index is 1.18. The number of hydrogen-bond donors (Lipinski definition) is 0. The van der Waals surface area contributed by atoms with Crippen molar-refractivity contribution in [1.82, 2.24) is 24.5 Å². The van der Waals surface area contributed by atoms with Crippen LogP contribution in [0.3, 0.4) is 0 Å². The molecule has 1 aliphatic heterocycles. The molecule has 5 heteroatoms. The Kier molecular flexibility index (Phi) is 15.0. The first-order valence-corrected chi connectivity index (χ1v) is 9.66. The fraction of sp³-hybridized carbons (Fsp3) is 1.00. The highest BCUT2D eigenvalue weighted by molar-refractivity contribution is 4.69. The van der Waals surface area contributed by atoms with Gasteiger partial charge in [0.1, 0.15) is 0 Å². The first-order valence-electron chi connectivity index (χ1n) is 9.66. The second kappa shape index (κ2) is 15.1. The molecule has 0 unspecified atom stereocenters. The molecule has 0 aliphatic carbocycles. The summed E-state index contributed by atoms with van der Waals surface area (Å²) in [6.07, 6.45) is 5.46. The Morgan fingerprint density at radius 2 is 1.00 bits per heavy atom. The van der Waals surface area contributed by atoms with E-state index in [1.54, 1.807) is 0 Å². The van der Waals surface area contributed by atoms with Crippen LogP contribution < -0.4 is 0 Å². The van der Waals surface area contributed by atoms with E-state index >= 15 is 0 Å². The molecule has 0 aromatic heterocycles. The average molecular weight is 344 g/mol. The van der Waals surface area contributed by atoms with Crippen molar-refractivity contribution in [3.05, 3.63) is 0 Å². The number of rotatable bonds is 10. The van der Waals surface area contributed by atoms with Crippen molar-refractivity contribution in [3.63, 3.8) is 0 Å². The minimum absolute atomic E-state index is 1.18. The van der Waals surface area contributed by atoms with Crippen molar-refractivity contribution in [3.8, 4) is 0 Å². The fourth-order valence-corrected chi connectivity index (χ4v) is 2.62. The first kappa shape index (κ1) is 23.8. The monoisotopic (exact) mass is 343 g/mol. The van der Waals surface area contributed by atoms with E-state index in [0.29, 0.717) is 0 Å². The van der Waals surface area contributed by atoms with Gasteiger partial charge in [0.2, 0.25) is 0 Å². The molecule has 0 aromatic rings. The van der Waals surface area contributed by atoms with E-state index in [0.717, 1.165) is 0 Å². The number of likely N-dealkylation sites (N-methyl/N-ethyl adjacent to an activating group) is 2. The molecule has 1 heterocycles. The maximum Gasteiger partial charge on any atom is 0.0110 e. The van der Waals surface area contributed by atoms with Crippen LogP contribution in [0.25, 0.3) is 0 Å². The summed E-state index contributed by atoms with van der Waals surface area (Å²) in [6.45, 7) is 9.82. The molecule has 0 radical (unpaired) electrons. The van der Waals surface area contributed by atoms with Crippen LogP contribution in [0.2, 0.25) is 0 Å². The molecule has 0 aromatic carbocycles. The van der Waals surface area contributed by atoms with Gasteiger partial charge in [0.15, 0.2) is 0 Å². The molecular weight excluding hydrogens is 298 g/mol. The normalized spacial score (nSPS) is 16.8. The Morgan fingerprint density at radius 1 is 0.583 bits per heavy atom. The molecule has 0 N–H and O–H groups in total. The summed E-state index contributed by atoms with van der Waals surface area (Å²) in [5.41, 5.74) is 0. The van der Waals surface area contributed by atoms with Crippen molar-refractivity contribution in [2.24, 2.45) is 0 Å². The Labute approximate surface area is 152 Å². The van der Waals surface area contributed by atoms with Crippen molar-refractivity contribution < 1.29 is 0 Å². The molecule has 0 spiro atoms. The number of unbranched alkanes of at least 4 members (excludes halogenated alkanes) is 3. The smallest absolute Gasteiger partial charge is 0.0110 e. The van der Waals surface area contributed by atoms with Gasteiger partial charge >= 0.3 is 0 Å². The third-order valence-corrected chi connectivity index (χ3v) is 4.42. The maximum absolute atomic E-state index is 2.54. The fourth-order valence-electron chi connectivity index (χ4n) is 2.62. The van der Waals surface area contributed by atoms with Gasteiger partial charge in [0, 0.05) is 39.3 Å². The highest BCUT2D eigenvalue weighted by atomic mass is 15.3. The molecule has 1 fully saturated rings. The number of nitrogens with zero attached hydrogens (tertiary/aromatic N) is 5. The third-order valence-electron chi connectivity index (χ3n) is 4.42. The molecule has 1 saturated heterocycles. The van der Waals surface area contributed by atoms with E-state index in [1.165, 1.54) is 78.0 Å². The maximum atomic E-state index is 2.54. The standard InChI is InChI=1S/C10H24N2.C9H21N3/c1-11(2)9-7-5-6-8-10-12(3)4;1-10(2)4-7-12-8-5-11(3)6-9-12/h5-10H2,1-4H3;4-9H2,1-3H3. The molecule has 1 aliphatic rings. The predicted octanol–water partition coefficient (Wildman–Crippen LogP) is 1.47. The Bertz CT molecular complexity index is 248. The van der Waals surface area contributed by atoms with E-state index in [-0.39, 0.29) is 0 Å². The van der Waals surface area contributed by atoms with Crippen molar-refractivity contribution in [2.45, 2.75) is 25.7 Å². The van der Waals surface area contributed by atoms with Gasteiger partial charge in [-0.3, -0.25) is 4.90 Å². The number of piperazine rings is 1. The van der Waals surface area contributed by atoms with Gasteiger partial charge in [-0.25, -0.2) is 0 Å². The molecule has 24 heavy (non-hydrogen) atoms. The quantitative estimate of drug-likeness (QED) is 0.557. The van der Waals surface area contributed by atoms with Crippen LogP contribution in [0.5, 0.6) is 0 Å². The summed E-state index contributed by atoms with van der Waals surface area (Å²) < 4.78 is 0. The third kappa shape index (κ3) is 16.7. The predicted molar refractivity (Wildman–Crippen MR) is 108 cm³/mol. The van der Waals surface area contributed by atoms with Gasteiger partial charge < -0.3 is 19.6 Å². The summed E-state index contributed by atoms with van der Waals surface area (Å²) in [5.74, 6) is 0. The van der Waals surface area contributed by atoms with E-state index in [2.05, 4.69) is 73.8 Å². The van der Waals surface area contributed by atoms with Crippen LogP contribution >= 0.6 is 0 Å². The van der Waals surface area contributed by atoms with Gasteiger partial charge in [-0.1, -0.05) is 12.8 Å². The topological polar surface area (TPSA) is 16.2 Å². The zero-order chi connectivity index (χ0) is 18.4. The molecule has 146 valence electrons. The van der Waals surface area contributed by atoms with Gasteiger partial charge in [-0.15, -0.1) is 0 Å². The summed E-state index contributed by atoms with van der Waals surface area (Å²) in [6, 6.07) is 0. The van der Waals surface area contributed by atoms with Crippen molar-refractivity contribution in [2.75, 3.05) is 102 Å². The van der Waals surface area contributed by atoms with E-state index < -0.39 is 0 Å². The largest absolute Gasteiger partial charge is 0.309 e. The van der Waals surface area contributed by atoms with Crippen LogP contribution in [-0.4, -0.2) is 126 Å². The molecule has 0 bridgehead atoms. The van der Waals surface area contributed by atoms with Crippen LogP contribution in [0.15, 0.2) is 0 Å². The first-order chi connectivity index (χ1) is 11.3. The van der Waals surface area contributed by atoms with E-state index in [1.807, 2.05) is 0 Å². The van der Waals surface area contributed by atoms with Gasteiger partial charge in [-0.05, 0) is 75.3 Å². The zero-order valence-corrected chi connectivity index (χ0v) is 17.7. The average Bonchev–Trinajstić information content (AvgIpc) is 2.50. The van der Waals surface area contributed by atoms with Crippen LogP contribution in [0.4, 0.5) is 0 Å². The Morgan fingerprint density at radius 3 is 1.38 bits per heavy atom. The molecule has 0 saturated carbocycles. The van der Waals surface area contributed by atoms with Crippen LogP contribution in [0, 0.1) is 0 Å². The van der Waals surface area contributed by atoms with Crippen LogP contribution in [0.1, 0.15) is 25.7 Å². The Hall–Kier alpha value is -0.200. The summed E-state index contributed by atoms with van der Waals surface area (Å²) in [4.78, 5) is 11.7. The second-order valence-electron chi connectivity index (χ2n) is 7.97. The van der Waals surface area contributed by atoms with Gasteiger partial charge in [-0.2, -0.15) is 0 Å². The minimum Gasteiger partial charge on any atom is -0.309 e. The Balaban J connectivity index is 0.000000441.